The Morgan fingerprint density at radius 3 is 2.29 bits per heavy atom. The summed E-state index contributed by atoms with van der Waals surface area (Å²) in [6, 6.07) is -1.69. The number of allylic oxidation sites excluding steroid dienone is 6. The molecule has 0 spiro atoms. The van der Waals surface area contributed by atoms with Crippen molar-refractivity contribution in [2.24, 2.45) is 29.4 Å². The second-order valence-electron chi connectivity index (χ2n) is 18.7. The predicted octanol–water partition coefficient (Wildman–Crippen LogP) is 4.79. The molecule has 0 aromatic rings. The molecule has 350 valence electrons. The summed E-state index contributed by atoms with van der Waals surface area (Å²) in [6.45, 7) is 9.36. The van der Waals surface area contributed by atoms with Crippen LogP contribution in [0.5, 0.6) is 0 Å². The lowest BCUT2D eigenvalue weighted by Crippen LogP contribution is -2.58. The van der Waals surface area contributed by atoms with Gasteiger partial charge < -0.3 is 50.0 Å². The number of ether oxygens (including phenoxy) is 4. The van der Waals surface area contributed by atoms with E-state index in [9.17, 15) is 39.6 Å². The average molecular weight is 873 g/mol. The van der Waals surface area contributed by atoms with Gasteiger partial charge in [-0.25, -0.2) is 4.79 Å². The highest BCUT2D eigenvalue weighted by Gasteiger charge is 2.49. The largest absolute Gasteiger partial charge is 0.459 e. The molecule has 1 aliphatic carbocycles. The minimum absolute atomic E-state index is 0.00418. The van der Waals surface area contributed by atoms with E-state index in [0.717, 1.165) is 12.0 Å². The van der Waals surface area contributed by atoms with E-state index >= 15 is 0 Å². The fourth-order valence-corrected chi connectivity index (χ4v) is 9.65. The summed E-state index contributed by atoms with van der Waals surface area (Å²) < 4.78 is 23.6. The topological polar surface area (TPSA) is 215 Å². The number of hydrogen-bond donors (Lipinski definition) is 5. The van der Waals surface area contributed by atoms with E-state index in [1.54, 1.807) is 34.1 Å². The van der Waals surface area contributed by atoms with Crippen molar-refractivity contribution in [1.29, 1.82) is 0 Å². The fourth-order valence-electron chi connectivity index (χ4n) is 9.65. The van der Waals surface area contributed by atoms with Crippen molar-refractivity contribution in [3.8, 4) is 0 Å². The average Bonchev–Trinajstić information content (AvgIpc) is 3.25. The lowest BCUT2D eigenvalue weighted by atomic mass is 9.80. The SMILES string of the molecule is CO[C@H]1C[C@@H]2CCC[C@@](O)(O2)C(=O)C(=O)N2CCCC[C@H]2C(=O)O[C@H]([C@H](N)C[C@@H]2CC[C@@H](O)[C@H](OC)C2)CC[C@H](C)/C=C(\C)[C@@H](O)[C@@H](O)C(=O)[C@H](C)C[C@H](C)/C=C/C=CC=C1C. The molecular weight excluding hydrogens is 797 g/mol. The van der Waals surface area contributed by atoms with E-state index in [0.29, 0.717) is 76.2 Å². The van der Waals surface area contributed by atoms with Gasteiger partial charge in [-0.1, -0.05) is 57.2 Å². The number of amides is 1. The number of esters is 1. The van der Waals surface area contributed by atoms with Crippen LogP contribution in [0, 0.1) is 23.7 Å². The molecule has 14 atom stereocenters. The Morgan fingerprint density at radius 1 is 0.839 bits per heavy atom. The van der Waals surface area contributed by atoms with Gasteiger partial charge in [-0.05, 0) is 120 Å². The molecule has 2 saturated heterocycles. The molecule has 62 heavy (non-hydrogen) atoms. The second-order valence-corrected chi connectivity index (χ2v) is 18.7. The van der Waals surface area contributed by atoms with Crippen LogP contribution in [0.3, 0.4) is 0 Å². The normalized spacial score (nSPS) is 39.2. The number of cyclic esters (lactones) is 1. The number of aliphatic hydroxyl groups is 4. The molecule has 0 unspecified atom stereocenters. The minimum Gasteiger partial charge on any atom is -0.459 e. The van der Waals surface area contributed by atoms with Crippen molar-refractivity contribution in [3.05, 3.63) is 47.6 Å². The van der Waals surface area contributed by atoms with E-state index < -0.39 is 83.9 Å². The van der Waals surface area contributed by atoms with Gasteiger partial charge in [-0.3, -0.25) is 14.4 Å². The number of fused-ring (bicyclic) bond motifs is 3. The summed E-state index contributed by atoms with van der Waals surface area (Å²) in [7, 11) is 3.14. The molecule has 1 saturated carbocycles. The van der Waals surface area contributed by atoms with Crippen molar-refractivity contribution in [2.75, 3.05) is 20.8 Å². The van der Waals surface area contributed by atoms with Crippen LogP contribution in [0.15, 0.2) is 47.6 Å². The van der Waals surface area contributed by atoms with E-state index in [1.807, 2.05) is 51.2 Å². The third kappa shape index (κ3) is 14.2. The third-order valence-corrected chi connectivity index (χ3v) is 13.5. The number of piperidine rings is 1. The van der Waals surface area contributed by atoms with Gasteiger partial charge in [0, 0.05) is 45.6 Å². The van der Waals surface area contributed by atoms with Crippen molar-refractivity contribution >= 4 is 23.4 Å². The summed E-state index contributed by atoms with van der Waals surface area (Å²) in [5, 5.41) is 44.1. The molecule has 14 nitrogen and oxygen atoms in total. The molecule has 4 aliphatic rings. The number of hydrogen-bond acceptors (Lipinski definition) is 13. The van der Waals surface area contributed by atoms with Gasteiger partial charge in [0.1, 0.15) is 24.4 Å². The number of nitrogens with two attached hydrogens (primary N) is 1. The van der Waals surface area contributed by atoms with Gasteiger partial charge in [0.05, 0.1) is 24.4 Å². The maximum Gasteiger partial charge on any atom is 0.329 e. The summed E-state index contributed by atoms with van der Waals surface area (Å²) >= 11 is 0. The van der Waals surface area contributed by atoms with Crippen LogP contribution in [-0.4, -0.2) is 130 Å². The van der Waals surface area contributed by atoms with Gasteiger partial charge >= 0.3 is 5.97 Å². The minimum atomic E-state index is -2.36. The van der Waals surface area contributed by atoms with E-state index in [1.165, 1.54) is 4.90 Å². The highest BCUT2D eigenvalue weighted by atomic mass is 16.6. The second kappa shape index (κ2) is 24.3. The summed E-state index contributed by atoms with van der Waals surface area (Å²) in [5.41, 5.74) is 8.19. The molecule has 0 aromatic carbocycles. The quantitative estimate of drug-likeness (QED) is 0.143. The van der Waals surface area contributed by atoms with Gasteiger partial charge in [-0.15, -0.1) is 0 Å². The molecule has 0 radical (unpaired) electrons. The number of nitrogens with zero attached hydrogens (tertiary/aromatic N) is 1. The Bertz CT molecular complexity index is 1630. The van der Waals surface area contributed by atoms with Gasteiger partial charge in [0.15, 0.2) is 5.78 Å². The summed E-state index contributed by atoms with van der Waals surface area (Å²) in [4.78, 5) is 56.7. The van der Waals surface area contributed by atoms with Crippen molar-refractivity contribution < 1.29 is 58.6 Å². The number of ketones is 2. The first-order valence-electron chi connectivity index (χ1n) is 22.9. The molecule has 2 bridgehead atoms. The number of rotatable bonds is 5. The lowest BCUT2D eigenvalue weighted by molar-refractivity contribution is -0.245. The van der Waals surface area contributed by atoms with Crippen LogP contribution in [0.4, 0.5) is 0 Å². The molecule has 3 aliphatic heterocycles. The Hall–Kier alpha value is -3.08. The van der Waals surface area contributed by atoms with Crippen LogP contribution in [0.25, 0.3) is 0 Å². The highest BCUT2D eigenvalue weighted by molar-refractivity contribution is 6.39. The van der Waals surface area contributed by atoms with Gasteiger partial charge in [0.2, 0.25) is 5.79 Å². The number of carbonyl (C=O) groups is 4. The highest BCUT2D eigenvalue weighted by Crippen LogP contribution is 2.34. The van der Waals surface area contributed by atoms with Crippen molar-refractivity contribution in [3.63, 3.8) is 0 Å². The fraction of sp³-hybridized carbons (Fsp3) is 0.750. The number of Topliss-reactive ketones (excluding diaryl/α,β-unsaturated/α-hetero) is 2. The zero-order valence-electron chi connectivity index (χ0n) is 38.2. The van der Waals surface area contributed by atoms with Gasteiger partial charge in [-0.2, -0.15) is 0 Å². The smallest absolute Gasteiger partial charge is 0.329 e. The first-order valence-corrected chi connectivity index (χ1v) is 22.9. The van der Waals surface area contributed by atoms with E-state index in [2.05, 4.69) is 0 Å². The van der Waals surface area contributed by atoms with Crippen LogP contribution in [0.2, 0.25) is 0 Å². The standard InChI is InChI=1S/C48H76N2O12/c1-29-14-9-8-10-15-31(3)40(59-6)28-35-16-13-22-48(58,62-35)45(55)46(56)50-23-12-11-17-37(50)47(57)61-39(36(49)26-34-19-20-38(51)41(27-34)60-7)21-18-30(2)25-33(5)43(53)44(54)42(52)32(4)24-29/h8-10,14-15,25,29-30,32,34-41,43-44,51,53-54,58H,11-13,16-24,26-28,49H2,1-7H3/b10-8?,14-9+,31-15?,33-25+/t29-,30+,32-,34+,35+,36-,37+,38-,39+,40+,41-,43-,44+,48-/m1/s1. The molecule has 3 fully saturated rings. The zero-order valence-corrected chi connectivity index (χ0v) is 38.2. The zero-order chi connectivity index (χ0) is 45.7. The molecule has 4 rings (SSSR count). The van der Waals surface area contributed by atoms with Crippen LogP contribution >= 0.6 is 0 Å². The van der Waals surface area contributed by atoms with Crippen molar-refractivity contribution in [1.82, 2.24) is 4.90 Å². The summed E-state index contributed by atoms with van der Waals surface area (Å²) in [6.07, 6.45) is 11.9. The number of methoxy groups -OCH3 is 2. The number of carbonyl (C=O) groups excluding carboxylic acids is 4. The monoisotopic (exact) mass is 873 g/mol. The van der Waals surface area contributed by atoms with Crippen molar-refractivity contribution in [2.45, 2.75) is 185 Å². The Labute approximate surface area is 368 Å². The Balaban J connectivity index is 1.64. The first-order chi connectivity index (χ1) is 29.4. The molecular formula is C48H76N2O12. The maximum absolute atomic E-state index is 14.2. The van der Waals surface area contributed by atoms with E-state index in [4.69, 9.17) is 24.7 Å². The molecule has 14 heteroatoms. The molecule has 0 aromatic heterocycles. The predicted molar refractivity (Wildman–Crippen MR) is 234 cm³/mol. The lowest BCUT2D eigenvalue weighted by Gasteiger charge is -2.40. The third-order valence-electron chi connectivity index (χ3n) is 13.5. The maximum atomic E-state index is 14.2. The van der Waals surface area contributed by atoms with Gasteiger partial charge in [0.25, 0.3) is 11.7 Å². The molecule has 6 N–H and O–H groups in total. The van der Waals surface area contributed by atoms with E-state index in [-0.39, 0.29) is 43.2 Å². The number of aliphatic hydroxyl groups excluding tert-OH is 3. The van der Waals surface area contributed by atoms with Crippen LogP contribution in [0.1, 0.15) is 125 Å². The summed E-state index contributed by atoms with van der Waals surface area (Å²) in [5.74, 6) is -6.20. The molecule has 3 heterocycles. The molecule has 1 amide bonds. The van der Waals surface area contributed by atoms with Crippen LogP contribution < -0.4 is 5.73 Å². The first kappa shape index (κ1) is 51.6. The Kier molecular flexibility index (Phi) is 20.2. The van der Waals surface area contributed by atoms with Crippen LogP contribution in [-0.2, 0) is 38.1 Å². The Morgan fingerprint density at radius 2 is 1.58 bits per heavy atom.